The van der Waals surface area contributed by atoms with Crippen LogP contribution in [0.2, 0.25) is 0 Å². The van der Waals surface area contributed by atoms with Crippen molar-refractivity contribution in [2.75, 3.05) is 6.54 Å². The molecular weight excluding hydrogens is 354 g/mol. The van der Waals surface area contributed by atoms with E-state index >= 15 is 0 Å². The minimum Gasteiger partial charge on any atom is -0.337 e. The number of likely N-dealkylation sites (tertiary alicyclic amines) is 1. The van der Waals surface area contributed by atoms with Gasteiger partial charge in [-0.3, -0.25) is 14.7 Å². The Labute approximate surface area is 161 Å². The second-order valence-electron chi connectivity index (χ2n) is 7.01. The Morgan fingerprint density at radius 2 is 2.07 bits per heavy atom. The Morgan fingerprint density at radius 3 is 2.96 bits per heavy atom. The second kappa shape index (κ2) is 7.01. The fraction of sp³-hybridized carbons (Fsp3) is 0.238. The Hall–Kier alpha value is -3.32. The monoisotopic (exact) mass is 373 g/mol. The topological polar surface area (TPSA) is 87.9 Å². The molecule has 1 unspecified atom stereocenters. The lowest BCUT2D eigenvalue weighted by molar-refractivity contribution is 0.200. The number of H-pyrrole nitrogens is 1. The zero-order valence-electron chi connectivity index (χ0n) is 15.2. The largest absolute Gasteiger partial charge is 0.337 e. The fourth-order valence-corrected chi connectivity index (χ4v) is 3.79. The number of aromatic nitrogens is 4. The van der Waals surface area contributed by atoms with Crippen molar-refractivity contribution in [1.82, 2.24) is 25.0 Å². The lowest BCUT2D eigenvalue weighted by Gasteiger charge is -2.21. The highest BCUT2D eigenvalue weighted by atomic mass is 16.5. The molecule has 0 bridgehead atoms. The van der Waals surface area contributed by atoms with Gasteiger partial charge in [0.1, 0.15) is 5.69 Å². The van der Waals surface area contributed by atoms with Crippen molar-refractivity contribution in [2.24, 2.45) is 0 Å². The Kier molecular flexibility index (Phi) is 4.21. The number of fused-ring (bicyclic) bond motifs is 1. The van der Waals surface area contributed by atoms with E-state index < -0.39 is 0 Å². The molecule has 0 spiro atoms. The highest BCUT2D eigenvalue weighted by Gasteiger charge is 2.31. The van der Waals surface area contributed by atoms with Crippen molar-refractivity contribution in [2.45, 2.75) is 25.4 Å². The highest BCUT2D eigenvalue weighted by Crippen LogP contribution is 2.32. The number of benzene rings is 1. The molecule has 7 heteroatoms. The predicted molar refractivity (Wildman–Crippen MR) is 104 cm³/mol. The molecule has 1 aliphatic rings. The van der Waals surface area contributed by atoms with Gasteiger partial charge in [0.05, 0.1) is 6.04 Å². The van der Waals surface area contributed by atoms with Crippen LogP contribution in [-0.4, -0.2) is 31.6 Å². The summed E-state index contributed by atoms with van der Waals surface area (Å²) in [6.45, 7) is 1.43. The van der Waals surface area contributed by atoms with Crippen LogP contribution in [0, 0.1) is 0 Å². The van der Waals surface area contributed by atoms with Crippen LogP contribution in [-0.2, 0) is 6.54 Å². The van der Waals surface area contributed by atoms with E-state index in [9.17, 15) is 4.79 Å². The summed E-state index contributed by atoms with van der Waals surface area (Å²) >= 11 is 0. The maximum absolute atomic E-state index is 12.5. The van der Waals surface area contributed by atoms with Gasteiger partial charge in [0, 0.05) is 23.8 Å². The Balaban J connectivity index is 1.41. The molecule has 1 aliphatic heterocycles. The SMILES string of the molecule is O=c1[nH]c2ccccc2cc1CN1CCCC1c1nc(-c2ccccn2)no1. The van der Waals surface area contributed by atoms with Crippen LogP contribution in [0.4, 0.5) is 0 Å². The van der Waals surface area contributed by atoms with Crippen molar-refractivity contribution < 1.29 is 4.52 Å². The van der Waals surface area contributed by atoms with Crippen LogP contribution in [0.5, 0.6) is 0 Å². The number of hydrogen-bond donors (Lipinski definition) is 1. The van der Waals surface area contributed by atoms with Gasteiger partial charge >= 0.3 is 0 Å². The van der Waals surface area contributed by atoms with Crippen molar-refractivity contribution in [3.63, 3.8) is 0 Å². The lowest BCUT2D eigenvalue weighted by atomic mass is 10.1. The maximum Gasteiger partial charge on any atom is 0.252 e. The zero-order valence-corrected chi connectivity index (χ0v) is 15.2. The van der Waals surface area contributed by atoms with Gasteiger partial charge in [0.2, 0.25) is 11.7 Å². The molecule has 7 nitrogen and oxygen atoms in total. The van der Waals surface area contributed by atoms with E-state index in [2.05, 4.69) is 25.0 Å². The maximum atomic E-state index is 12.5. The van der Waals surface area contributed by atoms with Crippen LogP contribution in [0.3, 0.4) is 0 Å². The first kappa shape index (κ1) is 16.8. The number of nitrogens with one attached hydrogen (secondary N) is 1. The summed E-state index contributed by atoms with van der Waals surface area (Å²) in [7, 11) is 0. The molecule has 1 aromatic carbocycles. The van der Waals surface area contributed by atoms with Gasteiger partial charge in [0.15, 0.2) is 0 Å². The normalized spacial score (nSPS) is 17.4. The van der Waals surface area contributed by atoms with Gasteiger partial charge in [-0.2, -0.15) is 4.98 Å². The van der Waals surface area contributed by atoms with Gasteiger partial charge in [-0.15, -0.1) is 0 Å². The molecule has 3 aromatic heterocycles. The Morgan fingerprint density at radius 1 is 1.18 bits per heavy atom. The van der Waals surface area contributed by atoms with E-state index in [1.807, 2.05) is 48.5 Å². The Bertz CT molecular complexity index is 1170. The molecule has 0 saturated carbocycles. The van der Waals surface area contributed by atoms with Gasteiger partial charge in [0.25, 0.3) is 5.56 Å². The van der Waals surface area contributed by atoms with Gasteiger partial charge in [-0.05, 0) is 49.0 Å². The fourth-order valence-electron chi connectivity index (χ4n) is 3.79. The standard InChI is InChI=1S/C21H19N5O2/c27-20-15(12-14-6-1-2-7-16(14)23-20)13-26-11-5-9-18(26)21-24-19(25-28-21)17-8-3-4-10-22-17/h1-4,6-8,10,12,18H,5,9,11,13H2,(H,23,27). The number of pyridine rings is 2. The van der Waals surface area contributed by atoms with Gasteiger partial charge in [-0.25, -0.2) is 0 Å². The highest BCUT2D eigenvalue weighted by molar-refractivity contribution is 5.78. The summed E-state index contributed by atoms with van der Waals surface area (Å²) in [6.07, 6.45) is 3.66. The van der Waals surface area contributed by atoms with E-state index in [0.29, 0.717) is 24.0 Å². The van der Waals surface area contributed by atoms with E-state index in [-0.39, 0.29) is 11.6 Å². The van der Waals surface area contributed by atoms with Gasteiger partial charge in [-0.1, -0.05) is 29.4 Å². The third kappa shape index (κ3) is 3.10. The second-order valence-corrected chi connectivity index (χ2v) is 7.01. The summed E-state index contributed by atoms with van der Waals surface area (Å²) in [4.78, 5) is 26.5. The van der Waals surface area contributed by atoms with Gasteiger partial charge < -0.3 is 9.51 Å². The van der Waals surface area contributed by atoms with Crippen LogP contribution in [0.1, 0.15) is 30.3 Å². The molecule has 4 heterocycles. The van der Waals surface area contributed by atoms with E-state index in [1.54, 1.807) is 6.20 Å². The molecule has 1 fully saturated rings. The first-order chi connectivity index (χ1) is 13.8. The van der Waals surface area contributed by atoms with E-state index in [1.165, 1.54) is 0 Å². The van der Waals surface area contributed by atoms with Crippen molar-refractivity contribution in [1.29, 1.82) is 0 Å². The van der Waals surface area contributed by atoms with Crippen molar-refractivity contribution in [3.8, 4) is 11.5 Å². The zero-order chi connectivity index (χ0) is 18.9. The van der Waals surface area contributed by atoms with Crippen LogP contribution in [0.15, 0.2) is 64.0 Å². The molecule has 0 amide bonds. The first-order valence-electron chi connectivity index (χ1n) is 9.38. The molecule has 28 heavy (non-hydrogen) atoms. The molecule has 1 N–H and O–H groups in total. The van der Waals surface area contributed by atoms with Crippen LogP contribution in [0.25, 0.3) is 22.4 Å². The van der Waals surface area contributed by atoms with Crippen LogP contribution < -0.4 is 5.56 Å². The summed E-state index contributed by atoms with van der Waals surface area (Å²) in [5.74, 6) is 1.07. The molecule has 4 aromatic rings. The minimum absolute atomic E-state index is 0.0100. The van der Waals surface area contributed by atoms with E-state index in [0.717, 1.165) is 35.9 Å². The summed E-state index contributed by atoms with van der Waals surface area (Å²) in [6, 6.07) is 15.4. The number of nitrogens with zero attached hydrogens (tertiary/aromatic N) is 4. The summed E-state index contributed by atoms with van der Waals surface area (Å²) in [5.41, 5.74) is 2.23. The predicted octanol–water partition coefficient (Wildman–Crippen LogP) is 3.31. The average molecular weight is 373 g/mol. The molecule has 5 rings (SSSR count). The van der Waals surface area contributed by atoms with Crippen molar-refractivity contribution in [3.05, 3.63) is 76.5 Å². The molecule has 0 aliphatic carbocycles. The van der Waals surface area contributed by atoms with Crippen molar-refractivity contribution >= 4 is 10.9 Å². The molecule has 1 saturated heterocycles. The molecule has 0 radical (unpaired) electrons. The number of aromatic amines is 1. The van der Waals surface area contributed by atoms with E-state index in [4.69, 9.17) is 4.52 Å². The lowest BCUT2D eigenvalue weighted by Crippen LogP contribution is -2.27. The number of hydrogen-bond acceptors (Lipinski definition) is 6. The molecular formula is C21H19N5O2. The third-order valence-corrected chi connectivity index (χ3v) is 5.19. The first-order valence-corrected chi connectivity index (χ1v) is 9.38. The minimum atomic E-state index is -0.0518. The summed E-state index contributed by atoms with van der Waals surface area (Å²) < 4.78 is 5.54. The molecule has 140 valence electrons. The summed E-state index contributed by atoms with van der Waals surface area (Å²) in [5, 5.41) is 5.12. The molecule has 1 atom stereocenters. The third-order valence-electron chi connectivity index (χ3n) is 5.19. The van der Waals surface area contributed by atoms with Crippen LogP contribution >= 0.6 is 0 Å². The average Bonchev–Trinajstić information content (AvgIpc) is 3.38. The number of para-hydroxylation sites is 1. The quantitative estimate of drug-likeness (QED) is 0.590. The smallest absolute Gasteiger partial charge is 0.252 e. The number of rotatable bonds is 4.